The van der Waals surface area contributed by atoms with Crippen LogP contribution in [0, 0.1) is 0 Å². The van der Waals surface area contributed by atoms with Crippen LogP contribution in [0.15, 0.2) is 53.4 Å². The van der Waals surface area contributed by atoms with Gasteiger partial charge in [0, 0.05) is 16.8 Å². The summed E-state index contributed by atoms with van der Waals surface area (Å²) in [5, 5.41) is 2.76. The maximum Gasteiger partial charge on any atom is 0.255 e. The van der Waals surface area contributed by atoms with E-state index >= 15 is 0 Å². The summed E-state index contributed by atoms with van der Waals surface area (Å²) in [6.07, 6.45) is 0. The highest BCUT2D eigenvalue weighted by Gasteiger charge is 2.22. The first-order valence-corrected chi connectivity index (χ1v) is 9.77. The van der Waals surface area contributed by atoms with E-state index in [1.54, 1.807) is 45.0 Å². The molecule has 0 spiro atoms. The number of benzene rings is 2. The lowest BCUT2D eigenvalue weighted by Gasteiger charge is -2.20. The topological polar surface area (TPSA) is 84.5 Å². The number of carbonyl (C=O) groups excluding carboxylic acids is 1. The zero-order valence-electron chi connectivity index (χ0n) is 15.4. The standard InChI is InChI=1S/C19H24N2O4S/c1-5-25-16-10-8-15(9-11-16)20-18(22)14-6-12-17(13-7-14)26(23,24)21-19(2,3)4/h6-13,21H,5H2,1-4H3,(H,20,22). The predicted octanol–water partition coefficient (Wildman–Crippen LogP) is 3.41. The third-order valence-corrected chi connectivity index (χ3v) is 5.06. The van der Waals surface area contributed by atoms with Gasteiger partial charge in [0.2, 0.25) is 10.0 Å². The first-order chi connectivity index (χ1) is 12.1. The molecule has 0 fully saturated rings. The Balaban J connectivity index is 2.09. The second kappa shape index (κ2) is 7.88. The van der Waals surface area contributed by atoms with Crippen molar-refractivity contribution in [2.24, 2.45) is 0 Å². The van der Waals surface area contributed by atoms with E-state index in [2.05, 4.69) is 10.0 Å². The summed E-state index contributed by atoms with van der Waals surface area (Å²) in [6.45, 7) is 7.77. The van der Waals surface area contributed by atoms with Gasteiger partial charge in [0.25, 0.3) is 5.91 Å². The fourth-order valence-corrected chi connectivity index (χ4v) is 3.67. The number of rotatable bonds is 6. The molecule has 0 aliphatic rings. The first-order valence-electron chi connectivity index (χ1n) is 8.29. The molecule has 0 saturated carbocycles. The molecule has 0 aromatic heterocycles. The number of nitrogens with one attached hydrogen (secondary N) is 2. The van der Waals surface area contributed by atoms with Crippen molar-refractivity contribution >= 4 is 21.6 Å². The quantitative estimate of drug-likeness (QED) is 0.809. The van der Waals surface area contributed by atoms with E-state index in [1.165, 1.54) is 24.3 Å². The van der Waals surface area contributed by atoms with Crippen molar-refractivity contribution in [1.29, 1.82) is 0 Å². The minimum atomic E-state index is -3.63. The summed E-state index contributed by atoms with van der Waals surface area (Å²) in [6, 6.07) is 12.8. The average molecular weight is 376 g/mol. The van der Waals surface area contributed by atoms with Crippen LogP contribution in [0.3, 0.4) is 0 Å². The molecule has 2 rings (SSSR count). The fourth-order valence-electron chi connectivity index (χ4n) is 2.25. The van der Waals surface area contributed by atoms with Crippen molar-refractivity contribution < 1.29 is 17.9 Å². The van der Waals surface area contributed by atoms with Gasteiger partial charge in [-0.2, -0.15) is 0 Å². The van der Waals surface area contributed by atoms with Crippen LogP contribution in [0.1, 0.15) is 38.1 Å². The molecule has 6 nitrogen and oxygen atoms in total. The summed E-state index contributed by atoms with van der Waals surface area (Å²) in [5.74, 6) is 0.410. The highest BCUT2D eigenvalue weighted by molar-refractivity contribution is 7.89. The van der Waals surface area contributed by atoms with Crippen molar-refractivity contribution in [3.63, 3.8) is 0 Å². The van der Waals surface area contributed by atoms with Gasteiger partial charge in [-0.3, -0.25) is 4.79 Å². The van der Waals surface area contributed by atoms with E-state index in [1.807, 2.05) is 6.92 Å². The molecule has 2 aromatic rings. The molecule has 1 amide bonds. The van der Waals surface area contributed by atoms with E-state index in [0.717, 1.165) is 5.75 Å². The Hall–Kier alpha value is -2.38. The van der Waals surface area contributed by atoms with E-state index < -0.39 is 15.6 Å². The summed E-state index contributed by atoms with van der Waals surface area (Å²) in [4.78, 5) is 12.4. The van der Waals surface area contributed by atoms with Crippen molar-refractivity contribution in [1.82, 2.24) is 4.72 Å². The highest BCUT2D eigenvalue weighted by atomic mass is 32.2. The molecule has 26 heavy (non-hydrogen) atoms. The predicted molar refractivity (Wildman–Crippen MR) is 102 cm³/mol. The number of amides is 1. The maximum atomic E-state index is 12.3. The molecule has 0 aliphatic heterocycles. The van der Waals surface area contributed by atoms with E-state index in [0.29, 0.717) is 17.9 Å². The Morgan fingerprint density at radius 2 is 1.58 bits per heavy atom. The molecule has 0 unspecified atom stereocenters. The fraction of sp³-hybridized carbons (Fsp3) is 0.316. The lowest BCUT2D eigenvalue weighted by Crippen LogP contribution is -2.40. The summed E-state index contributed by atoms with van der Waals surface area (Å²) >= 11 is 0. The zero-order valence-corrected chi connectivity index (χ0v) is 16.2. The van der Waals surface area contributed by atoms with Crippen LogP contribution >= 0.6 is 0 Å². The van der Waals surface area contributed by atoms with Gasteiger partial charge >= 0.3 is 0 Å². The Bertz CT molecular complexity index is 852. The molecule has 7 heteroatoms. The lowest BCUT2D eigenvalue weighted by atomic mass is 10.1. The molecule has 140 valence electrons. The monoisotopic (exact) mass is 376 g/mol. The Morgan fingerprint density at radius 3 is 2.08 bits per heavy atom. The molecule has 0 atom stereocenters. The lowest BCUT2D eigenvalue weighted by molar-refractivity contribution is 0.102. The number of hydrogen-bond acceptors (Lipinski definition) is 4. The van der Waals surface area contributed by atoms with E-state index in [-0.39, 0.29) is 10.8 Å². The van der Waals surface area contributed by atoms with Gasteiger partial charge in [-0.25, -0.2) is 13.1 Å². The van der Waals surface area contributed by atoms with Crippen LogP contribution in [0.5, 0.6) is 5.75 Å². The minimum Gasteiger partial charge on any atom is -0.494 e. The summed E-state index contributed by atoms with van der Waals surface area (Å²) in [5.41, 5.74) is 0.417. The van der Waals surface area contributed by atoms with Gasteiger partial charge in [-0.1, -0.05) is 0 Å². The Labute approximate surface area is 154 Å². The van der Waals surface area contributed by atoms with Crippen molar-refractivity contribution in [3.8, 4) is 5.75 Å². The molecule has 0 heterocycles. The van der Waals surface area contributed by atoms with Gasteiger partial charge in [-0.15, -0.1) is 0 Å². The molecular formula is C19H24N2O4S. The van der Waals surface area contributed by atoms with Gasteiger partial charge in [0.15, 0.2) is 0 Å². The molecular weight excluding hydrogens is 352 g/mol. The number of ether oxygens (including phenoxy) is 1. The first kappa shape index (κ1) is 19.9. The third-order valence-electron chi connectivity index (χ3n) is 3.29. The van der Waals surface area contributed by atoms with Crippen molar-refractivity contribution in [2.75, 3.05) is 11.9 Å². The maximum absolute atomic E-state index is 12.3. The van der Waals surface area contributed by atoms with Gasteiger partial charge in [-0.05, 0) is 76.2 Å². The smallest absolute Gasteiger partial charge is 0.255 e. The van der Waals surface area contributed by atoms with Crippen LogP contribution in [0.25, 0.3) is 0 Å². The van der Waals surface area contributed by atoms with Crippen LogP contribution in [-0.4, -0.2) is 26.5 Å². The Morgan fingerprint density at radius 1 is 1.00 bits per heavy atom. The summed E-state index contributed by atoms with van der Waals surface area (Å²) in [7, 11) is -3.63. The van der Waals surface area contributed by atoms with Gasteiger partial charge < -0.3 is 10.1 Å². The normalized spacial score (nSPS) is 11.8. The highest BCUT2D eigenvalue weighted by Crippen LogP contribution is 2.18. The summed E-state index contributed by atoms with van der Waals surface area (Å²) < 4.78 is 32.5. The number of carbonyl (C=O) groups is 1. The van der Waals surface area contributed by atoms with Gasteiger partial charge in [0.05, 0.1) is 11.5 Å². The minimum absolute atomic E-state index is 0.116. The van der Waals surface area contributed by atoms with Crippen molar-refractivity contribution in [2.45, 2.75) is 38.1 Å². The molecule has 0 saturated heterocycles. The third kappa shape index (κ3) is 5.57. The van der Waals surface area contributed by atoms with E-state index in [9.17, 15) is 13.2 Å². The zero-order chi connectivity index (χ0) is 19.4. The van der Waals surface area contributed by atoms with Gasteiger partial charge in [0.1, 0.15) is 5.75 Å². The number of sulfonamides is 1. The molecule has 0 aliphatic carbocycles. The number of hydrogen-bond donors (Lipinski definition) is 2. The van der Waals surface area contributed by atoms with Crippen LogP contribution < -0.4 is 14.8 Å². The molecule has 2 aromatic carbocycles. The second-order valence-corrected chi connectivity index (χ2v) is 8.47. The molecule has 0 bridgehead atoms. The second-order valence-electron chi connectivity index (χ2n) is 6.79. The van der Waals surface area contributed by atoms with Crippen LogP contribution in [0.2, 0.25) is 0 Å². The van der Waals surface area contributed by atoms with Crippen molar-refractivity contribution in [3.05, 3.63) is 54.1 Å². The Kier molecular flexibility index (Phi) is 6.05. The van der Waals surface area contributed by atoms with Crippen LogP contribution in [0.4, 0.5) is 5.69 Å². The SMILES string of the molecule is CCOc1ccc(NC(=O)c2ccc(S(=O)(=O)NC(C)(C)C)cc2)cc1. The number of anilines is 1. The molecule has 0 radical (unpaired) electrons. The largest absolute Gasteiger partial charge is 0.494 e. The average Bonchev–Trinajstić information content (AvgIpc) is 2.55. The molecule has 2 N–H and O–H groups in total. The van der Waals surface area contributed by atoms with E-state index in [4.69, 9.17) is 4.74 Å². The van der Waals surface area contributed by atoms with Crippen LogP contribution in [-0.2, 0) is 10.0 Å².